The average Bonchev–Trinajstić information content (AvgIpc) is 2.86. The van der Waals surface area contributed by atoms with E-state index < -0.39 is 30.0 Å². The molecule has 11 heteroatoms. The van der Waals surface area contributed by atoms with E-state index in [0.717, 1.165) is 55.8 Å². The Hall–Kier alpha value is -2.05. The molecule has 0 spiro atoms. The van der Waals surface area contributed by atoms with Crippen molar-refractivity contribution < 1.29 is 60.1 Å². The maximum atomic E-state index is 12.3. The minimum atomic E-state index is -4.73. The van der Waals surface area contributed by atoms with E-state index in [1.54, 1.807) is 0 Å². The summed E-state index contributed by atoms with van der Waals surface area (Å²) in [6, 6.07) is 10.5. The van der Waals surface area contributed by atoms with Crippen LogP contribution in [0.2, 0.25) is 0 Å². The summed E-state index contributed by atoms with van der Waals surface area (Å²) in [6.45, 7) is 11.4. The summed E-state index contributed by atoms with van der Waals surface area (Å²) in [6.07, 6.45) is 7.48. The number of rotatable bonds is 9. The van der Waals surface area contributed by atoms with Gasteiger partial charge in [-0.15, -0.1) is 0 Å². The summed E-state index contributed by atoms with van der Waals surface area (Å²) in [5.41, 5.74) is 3.55. The molecule has 38 heavy (non-hydrogen) atoms. The Morgan fingerprint density at radius 1 is 0.789 bits per heavy atom. The van der Waals surface area contributed by atoms with Gasteiger partial charge in [0, 0.05) is 36.5 Å². The summed E-state index contributed by atoms with van der Waals surface area (Å²) >= 11 is 0. The quantitative estimate of drug-likeness (QED) is 0.267. The van der Waals surface area contributed by atoms with Crippen LogP contribution in [-0.4, -0.2) is 62.4 Å². The van der Waals surface area contributed by atoms with Gasteiger partial charge >= 0.3 is 29.6 Å². The summed E-state index contributed by atoms with van der Waals surface area (Å²) < 4.78 is 70.4. The first kappa shape index (κ1) is 32.2. The van der Waals surface area contributed by atoms with Crippen molar-refractivity contribution in [3.05, 3.63) is 83.5 Å². The van der Waals surface area contributed by atoms with Crippen molar-refractivity contribution in [3.63, 3.8) is 0 Å². The van der Waals surface area contributed by atoms with Gasteiger partial charge in [0.15, 0.2) is 5.71 Å². The molecule has 0 heterocycles. The van der Waals surface area contributed by atoms with Crippen LogP contribution >= 0.6 is 0 Å². The van der Waals surface area contributed by atoms with Crippen molar-refractivity contribution in [2.75, 3.05) is 31.1 Å². The molecule has 1 aliphatic carbocycles. The van der Waals surface area contributed by atoms with Gasteiger partial charge in [0.05, 0.1) is 4.90 Å². The number of benzene rings is 2. The molecule has 0 saturated carbocycles. The predicted molar refractivity (Wildman–Crippen MR) is 147 cm³/mol. The van der Waals surface area contributed by atoms with E-state index >= 15 is 0 Å². The second-order valence-electron chi connectivity index (χ2n) is 8.42. The standard InChI is InChI=1S/C27H32N2O6S2.Na/c1-5-28(6-2)22-13-9-20(10-14-22)27(21-11-15-23(16-12-21)29(7-3)8-4)25-19-24(36(30,31)32)17-18-26(25)37(33,34)35;/h9-19H,5-8H2,1-4H3,(H-,30,31,32,33,34,35);/q;+1/p+1. The van der Waals surface area contributed by atoms with Gasteiger partial charge in [0.1, 0.15) is 18.0 Å². The van der Waals surface area contributed by atoms with Crippen LogP contribution in [0, 0.1) is 0 Å². The Kier molecular flexibility index (Phi) is 11.3. The Bertz CT molecular complexity index is 1480. The average molecular weight is 569 g/mol. The van der Waals surface area contributed by atoms with E-state index in [4.69, 9.17) is 0 Å². The molecule has 8 nitrogen and oxygen atoms in total. The van der Waals surface area contributed by atoms with Crippen molar-refractivity contribution >= 4 is 37.2 Å². The molecule has 0 unspecified atom stereocenters. The molecule has 0 aromatic heterocycles. The summed E-state index contributed by atoms with van der Waals surface area (Å²) in [5.74, 6) is 0. The Morgan fingerprint density at radius 2 is 1.34 bits per heavy atom. The smallest absolute Gasteiger partial charge is 0.372 e. The van der Waals surface area contributed by atoms with Gasteiger partial charge in [-0.2, -0.15) is 16.8 Å². The van der Waals surface area contributed by atoms with E-state index in [0.29, 0.717) is 16.7 Å². The zero-order chi connectivity index (χ0) is 27.4. The van der Waals surface area contributed by atoms with Crippen molar-refractivity contribution in [2.45, 2.75) is 37.5 Å². The molecule has 0 saturated heterocycles. The maximum absolute atomic E-state index is 12.3. The SMILES string of the molecule is CCN(CC)c1ccc(C(=C2C=CC(=[N+](CC)CC)C=C2)c2cc(S(=O)(=O)O)ccc2S(=O)(=O)O)cc1.[Na+]. The first-order valence-corrected chi connectivity index (χ1v) is 15.0. The Balaban J connectivity index is 0.00000507. The Labute approximate surface area is 247 Å². The van der Waals surface area contributed by atoms with Gasteiger partial charge in [-0.1, -0.05) is 12.1 Å². The third-order valence-corrected chi connectivity index (χ3v) is 8.13. The molecule has 0 bridgehead atoms. The molecule has 2 aromatic carbocycles. The molecule has 0 aliphatic heterocycles. The number of hydrogen-bond donors (Lipinski definition) is 2. The van der Waals surface area contributed by atoms with Crippen LogP contribution in [0.25, 0.3) is 5.57 Å². The van der Waals surface area contributed by atoms with Gasteiger partial charge in [-0.05, 0) is 86.9 Å². The molecule has 198 valence electrons. The van der Waals surface area contributed by atoms with Crippen LogP contribution in [-0.2, 0) is 20.2 Å². The molecule has 1 aliphatic rings. The maximum Gasteiger partial charge on any atom is 1.00 e. The number of anilines is 1. The van der Waals surface area contributed by atoms with Crippen molar-refractivity contribution in [3.8, 4) is 0 Å². The monoisotopic (exact) mass is 568 g/mol. The van der Waals surface area contributed by atoms with Crippen LogP contribution in [0.1, 0.15) is 38.8 Å². The fourth-order valence-electron chi connectivity index (χ4n) is 4.42. The second kappa shape index (κ2) is 13.3. The van der Waals surface area contributed by atoms with Crippen LogP contribution < -0.4 is 34.5 Å². The molecule has 0 radical (unpaired) electrons. The minimum Gasteiger partial charge on any atom is -0.372 e. The second-order valence-corrected chi connectivity index (χ2v) is 11.2. The molecule has 2 N–H and O–H groups in total. The number of hydrogen-bond acceptors (Lipinski definition) is 5. The summed E-state index contributed by atoms with van der Waals surface area (Å²) in [5, 5.41) is 0. The zero-order valence-corrected chi connectivity index (χ0v) is 26.1. The van der Waals surface area contributed by atoms with Crippen molar-refractivity contribution in [1.82, 2.24) is 0 Å². The van der Waals surface area contributed by atoms with Crippen molar-refractivity contribution in [2.24, 2.45) is 0 Å². The third-order valence-electron chi connectivity index (χ3n) is 6.37. The normalized spacial score (nSPS) is 13.3. The molecule has 0 amide bonds. The zero-order valence-electron chi connectivity index (χ0n) is 22.4. The molecular formula is C27H33N2NaO6S2+2. The van der Waals surface area contributed by atoms with E-state index in [2.05, 4.69) is 9.48 Å². The molecule has 3 rings (SSSR count). The third kappa shape index (κ3) is 7.32. The first-order valence-electron chi connectivity index (χ1n) is 12.1. The molecular weight excluding hydrogens is 535 g/mol. The van der Waals surface area contributed by atoms with E-state index in [1.165, 1.54) is 0 Å². The van der Waals surface area contributed by atoms with Gasteiger partial charge in [-0.25, -0.2) is 4.58 Å². The fraction of sp³-hybridized carbons (Fsp3) is 0.296. The van der Waals surface area contributed by atoms with Crippen molar-refractivity contribution in [1.29, 1.82) is 0 Å². The summed E-state index contributed by atoms with van der Waals surface area (Å²) in [7, 11) is -9.37. The van der Waals surface area contributed by atoms with Gasteiger partial charge in [-0.3, -0.25) is 9.11 Å². The van der Waals surface area contributed by atoms with Gasteiger partial charge in [0.25, 0.3) is 20.2 Å². The fourth-order valence-corrected chi connectivity index (χ4v) is 5.61. The summed E-state index contributed by atoms with van der Waals surface area (Å²) in [4.78, 5) is 1.22. The van der Waals surface area contributed by atoms with E-state index in [-0.39, 0.29) is 35.1 Å². The number of allylic oxidation sites excluding steroid dienone is 5. The van der Waals surface area contributed by atoms with E-state index in [1.807, 2.05) is 76.3 Å². The molecule has 0 atom stereocenters. The van der Waals surface area contributed by atoms with Gasteiger partial charge in [0.2, 0.25) is 0 Å². The topological polar surface area (TPSA) is 115 Å². The van der Waals surface area contributed by atoms with Gasteiger partial charge < -0.3 is 4.90 Å². The number of nitrogens with zero attached hydrogens (tertiary/aromatic N) is 2. The predicted octanol–water partition coefficient (Wildman–Crippen LogP) is 1.45. The Morgan fingerprint density at radius 3 is 1.79 bits per heavy atom. The minimum absolute atomic E-state index is 0. The van der Waals surface area contributed by atoms with Crippen LogP contribution in [0.4, 0.5) is 5.69 Å². The largest absolute Gasteiger partial charge is 1.00 e. The molecule has 2 aromatic rings. The first-order chi connectivity index (χ1) is 17.4. The van der Waals surface area contributed by atoms with E-state index in [9.17, 15) is 25.9 Å². The van der Waals surface area contributed by atoms with Crippen LogP contribution in [0.5, 0.6) is 0 Å². The molecule has 0 fully saturated rings. The van der Waals surface area contributed by atoms with Crippen LogP contribution in [0.3, 0.4) is 0 Å². The van der Waals surface area contributed by atoms with Crippen LogP contribution in [0.15, 0.2) is 82.1 Å².